The standard InChI is InChI=1S/C21H22ClN3O3.C2H2O4/c1-11-23-19-16(25(11)4)8-13(21(27)24(2)3)10-18(19)28-20-15-6-5-14(22)7-12(15)9-17(20)26;3-1(4)2(5)6/h5-8,10,17,20,26H,9H2,1-4H3;(H,3,4)(H,5,6). The van der Waals surface area contributed by atoms with Crippen molar-refractivity contribution < 1.29 is 34.4 Å². The van der Waals surface area contributed by atoms with Gasteiger partial charge in [-0.15, -0.1) is 0 Å². The van der Waals surface area contributed by atoms with E-state index >= 15 is 0 Å². The van der Waals surface area contributed by atoms with E-state index in [-0.39, 0.29) is 5.91 Å². The van der Waals surface area contributed by atoms with E-state index in [0.29, 0.717) is 28.3 Å². The average molecular weight is 490 g/mol. The van der Waals surface area contributed by atoms with Gasteiger partial charge >= 0.3 is 11.9 Å². The number of aliphatic carboxylic acids is 2. The molecule has 0 spiro atoms. The molecule has 0 aliphatic heterocycles. The number of aromatic nitrogens is 2. The topological polar surface area (TPSA) is 142 Å². The van der Waals surface area contributed by atoms with Gasteiger partial charge in [0.2, 0.25) is 0 Å². The Morgan fingerprint density at radius 2 is 1.79 bits per heavy atom. The zero-order valence-corrected chi connectivity index (χ0v) is 19.7. The number of aliphatic hydroxyl groups excluding tert-OH is 1. The van der Waals surface area contributed by atoms with Gasteiger partial charge in [0.1, 0.15) is 17.1 Å². The summed E-state index contributed by atoms with van der Waals surface area (Å²) in [6.07, 6.45) is -0.759. The lowest BCUT2D eigenvalue weighted by Crippen LogP contribution is -2.22. The molecule has 34 heavy (non-hydrogen) atoms. The molecular weight excluding hydrogens is 466 g/mol. The number of rotatable bonds is 3. The summed E-state index contributed by atoms with van der Waals surface area (Å²) in [6.45, 7) is 1.90. The largest absolute Gasteiger partial charge is 0.481 e. The normalized spacial score (nSPS) is 16.4. The molecule has 0 radical (unpaired) electrons. The van der Waals surface area contributed by atoms with Gasteiger partial charge in [0.25, 0.3) is 5.91 Å². The van der Waals surface area contributed by atoms with Crippen LogP contribution in [0, 0.1) is 6.92 Å². The molecule has 0 fully saturated rings. The second-order valence-corrected chi connectivity index (χ2v) is 8.46. The number of aryl methyl sites for hydroxylation is 2. The van der Waals surface area contributed by atoms with Gasteiger partial charge in [-0.25, -0.2) is 14.6 Å². The molecule has 1 aliphatic rings. The van der Waals surface area contributed by atoms with Crippen molar-refractivity contribution >= 4 is 40.5 Å². The van der Waals surface area contributed by atoms with E-state index in [9.17, 15) is 9.90 Å². The van der Waals surface area contributed by atoms with Crippen LogP contribution in [-0.4, -0.2) is 67.8 Å². The van der Waals surface area contributed by atoms with Gasteiger partial charge in [-0.05, 0) is 42.3 Å². The first kappa shape index (κ1) is 25.0. The van der Waals surface area contributed by atoms with Gasteiger partial charge in [0.15, 0.2) is 6.10 Å². The molecule has 11 heteroatoms. The molecule has 1 aliphatic carbocycles. The Morgan fingerprint density at radius 3 is 2.38 bits per heavy atom. The first-order valence-electron chi connectivity index (χ1n) is 10.2. The van der Waals surface area contributed by atoms with Crippen molar-refractivity contribution in [2.45, 2.75) is 25.6 Å². The van der Waals surface area contributed by atoms with Crippen molar-refractivity contribution in [3.05, 3.63) is 57.9 Å². The quantitative estimate of drug-likeness (QED) is 0.476. The SMILES string of the molecule is Cc1nc2c(OC3c4ccc(Cl)cc4CC3O)cc(C(=O)N(C)C)cc2n1C.O=C(O)C(=O)O. The Morgan fingerprint density at radius 1 is 1.15 bits per heavy atom. The van der Waals surface area contributed by atoms with Crippen LogP contribution in [0.2, 0.25) is 5.02 Å². The molecule has 2 atom stereocenters. The number of ether oxygens (including phenoxy) is 1. The van der Waals surface area contributed by atoms with E-state index in [4.69, 9.17) is 36.1 Å². The highest BCUT2D eigenvalue weighted by Crippen LogP contribution is 2.39. The molecule has 2 aromatic carbocycles. The fraction of sp³-hybridized carbons (Fsp3) is 0.304. The highest BCUT2D eigenvalue weighted by molar-refractivity contribution is 6.30. The molecule has 1 amide bonds. The number of fused-ring (bicyclic) bond motifs is 2. The Labute approximate surface area is 200 Å². The number of amides is 1. The molecular formula is C23H24ClN3O7. The minimum absolute atomic E-state index is 0.121. The number of imidazole rings is 1. The van der Waals surface area contributed by atoms with Gasteiger partial charge in [-0.1, -0.05) is 17.7 Å². The number of carbonyl (C=O) groups excluding carboxylic acids is 1. The molecule has 10 nitrogen and oxygen atoms in total. The summed E-state index contributed by atoms with van der Waals surface area (Å²) in [7, 11) is 5.32. The summed E-state index contributed by atoms with van der Waals surface area (Å²) >= 11 is 6.09. The van der Waals surface area contributed by atoms with Gasteiger partial charge in [-0.2, -0.15) is 0 Å². The molecule has 1 heterocycles. The maximum atomic E-state index is 12.6. The molecule has 0 bridgehead atoms. The molecule has 4 rings (SSSR count). The molecule has 1 aromatic heterocycles. The third kappa shape index (κ3) is 4.97. The highest BCUT2D eigenvalue weighted by Gasteiger charge is 2.34. The van der Waals surface area contributed by atoms with E-state index in [1.165, 1.54) is 4.90 Å². The van der Waals surface area contributed by atoms with Crippen LogP contribution in [-0.2, 0) is 23.1 Å². The summed E-state index contributed by atoms with van der Waals surface area (Å²) in [5, 5.41) is 26.0. The van der Waals surface area contributed by atoms with Crippen LogP contribution in [0.15, 0.2) is 30.3 Å². The lowest BCUT2D eigenvalue weighted by molar-refractivity contribution is -0.159. The average Bonchev–Trinajstić information content (AvgIpc) is 3.23. The van der Waals surface area contributed by atoms with Gasteiger partial charge in [-0.3, -0.25) is 4.79 Å². The maximum Gasteiger partial charge on any atom is 0.414 e. The zero-order valence-electron chi connectivity index (χ0n) is 18.9. The van der Waals surface area contributed by atoms with Crippen molar-refractivity contribution in [3.63, 3.8) is 0 Å². The Hall–Kier alpha value is -3.63. The lowest BCUT2D eigenvalue weighted by atomic mass is 10.1. The summed E-state index contributed by atoms with van der Waals surface area (Å²) in [5.41, 5.74) is 3.87. The van der Waals surface area contributed by atoms with E-state index in [1.54, 1.807) is 26.2 Å². The van der Waals surface area contributed by atoms with Gasteiger partial charge in [0.05, 0.1) is 11.6 Å². The molecule has 0 saturated carbocycles. The number of halogens is 1. The van der Waals surface area contributed by atoms with E-state index in [0.717, 1.165) is 22.5 Å². The summed E-state index contributed by atoms with van der Waals surface area (Å²) in [5.74, 6) is -2.47. The summed E-state index contributed by atoms with van der Waals surface area (Å²) in [6, 6.07) is 9.06. The Balaban J connectivity index is 0.000000481. The molecule has 3 aromatic rings. The predicted octanol–water partition coefficient (Wildman–Crippen LogP) is 2.43. The maximum absolute atomic E-state index is 12.6. The fourth-order valence-electron chi connectivity index (χ4n) is 3.69. The number of benzene rings is 2. The minimum Gasteiger partial charge on any atom is -0.481 e. The first-order valence-corrected chi connectivity index (χ1v) is 10.6. The van der Waals surface area contributed by atoms with Crippen LogP contribution in [0.5, 0.6) is 5.75 Å². The summed E-state index contributed by atoms with van der Waals surface area (Å²) < 4.78 is 8.19. The number of nitrogens with zero attached hydrogens (tertiary/aromatic N) is 3. The van der Waals surface area contributed by atoms with Gasteiger partial charge < -0.3 is 29.5 Å². The Bertz CT molecular complexity index is 1270. The molecule has 3 N–H and O–H groups in total. The van der Waals surface area contributed by atoms with Crippen LogP contribution in [0.3, 0.4) is 0 Å². The minimum atomic E-state index is -1.82. The van der Waals surface area contributed by atoms with E-state index in [1.807, 2.05) is 36.7 Å². The monoisotopic (exact) mass is 489 g/mol. The Kier molecular flexibility index (Phi) is 7.13. The number of carboxylic acids is 2. The van der Waals surface area contributed by atoms with Crippen LogP contribution in [0.4, 0.5) is 0 Å². The van der Waals surface area contributed by atoms with Crippen LogP contribution in [0.25, 0.3) is 11.0 Å². The van der Waals surface area contributed by atoms with Gasteiger partial charge in [0, 0.05) is 38.1 Å². The van der Waals surface area contributed by atoms with Crippen LogP contribution < -0.4 is 4.74 Å². The third-order valence-corrected chi connectivity index (χ3v) is 5.69. The van der Waals surface area contributed by atoms with E-state index in [2.05, 4.69) is 4.98 Å². The zero-order chi connectivity index (χ0) is 25.3. The number of carbonyl (C=O) groups is 3. The van der Waals surface area contributed by atoms with Crippen molar-refractivity contribution in [1.29, 1.82) is 0 Å². The second-order valence-electron chi connectivity index (χ2n) is 8.02. The number of hydrogen-bond acceptors (Lipinski definition) is 6. The first-order chi connectivity index (χ1) is 15.9. The lowest BCUT2D eigenvalue weighted by Gasteiger charge is -2.20. The van der Waals surface area contributed by atoms with Crippen molar-refractivity contribution in [3.8, 4) is 5.75 Å². The van der Waals surface area contributed by atoms with Crippen molar-refractivity contribution in [2.75, 3.05) is 14.1 Å². The molecule has 180 valence electrons. The number of hydrogen-bond donors (Lipinski definition) is 3. The van der Waals surface area contributed by atoms with Crippen molar-refractivity contribution in [1.82, 2.24) is 14.5 Å². The highest BCUT2D eigenvalue weighted by atomic mass is 35.5. The second kappa shape index (κ2) is 9.70. The van der Waals surface area contributed by atoms with Crippen LogP contribution >= 0.6 is 11.6 Å². The predicted molar refractivity (Wildman–Crippen MR) is 123 cm³/mol. The summed E-state index contributed by atoms with van der Waals surface area (Å²) in [4.78, 5) is 36.9. The number of carboxylic acid groups (broad SMARTS) is 2. The molecule has 0 saturated heterocycles. The smallest absolute Gasteiger partial charge is 0.414 e. The number of aliphatic hydroxyl groups is 1. The van der Waals surface area contributed by atoms with Crippen molar-refractivity contribution in [2.24, 2.45) is 7.05 Å². The third-order valence-electron chi connectivity index (χ3n) is 5.46. The fourth-order valence-corrected chi connectivity index (χ4v) is 3.89. The molecule has 2 unspecified atom stereocenters. The van der Waals surface area contributed by atoms with E-state index < -0.39 is 24.1 Å². The van der Waals surface area contributed by atoms with Crippen LogP contribution in [0.1, 0.15) is 33.4 Å².